The van der Waals surface area contributed by atoms with E-state index in [4.69, 9.17) is 18.9 Å². The van der Waals surface area contributed by atoms with Crippen molar-refractivity contribution in [3.63, 3.8) is 0 Å². The number of hydrogen-bond acceptors (Lipinski definition) is 7. The lowest BCUT2D eigenvalue weighted by Gasteiger charge is -2.25. The van der Waals surface area contributed by atoms with Gasteiger partial charge < -0.3 is 28.5 Å². The second kappa shape index (κ2) is 62.8. The van der Waals surface area contributed by atoms with Gasteiger partial charge in [-0.1, -0.05) is 321 Å². The first-order valence-electron chi connectivity index (χ1n) is 35.0. The van der Waals surface area contributed by atoms with Crippen LogP contribution >= 0.6 is 0 Å². The number of ether oxygens (including phenoxy) is 4. The molecule has 0 aromatic heterocycles. The van der Waals surface area contributed by atoms with E-state index in [0.717, 1.165) is 44.9 Å². The summed E-state index contributed by atoms with van der Waals surface area (Å²) in [7, 11) is 5.99. The van der Waals surface area contributed by atoms with Crippen LogP contribution in [0.25, 0.3) is 0 Å². The fourth-order valence-corrected chi connectivity index (χ4v) is 10.6. The average Bonchev–Trinajstić information content (AvgIpc) is 3.43. The molecule has 2 unspecified atom stereocenters. The van der Waals surface area contributed by atoms with Gasteiger partial charge in [0.25, 0.3) is 6.29 Å². The van der Waals surface area contributed by atoms with Gasteiger partial charge in [0.15, 0.2) is 6.10 Å². The van der Waals surface area contributed by atoms with Crippen molar-refractivity contribution < 1.29 is 42.9 Å². The average molecular weight is 1130 g/mol. The van der Waals surface area contributed by atoms with E-state index in [2.05, 4.69) is 38.2 Å². The van der Waals surface area contributed by atoms with E-state index < -0.39 is 18.4 Å². The van der Waals surface area contributed by atoms with Gasteiger partial charge in [0.05, 0.1) is 34.4 Å². The Hall–Kier alpha value is -2.23. The maximum atomic E-state index is 12.9. The summed E-state index contributed by atoms with van der Waals surface area (Å²) in [6.07, 6.45) is 74.6. The maximum Gasteiger partial charge on any atom is 0.361 e. The van der Waals surface area contributed by atoms with Crippen molar-refractivity contribution in [2.45, 2.75) is 367 Å². The summed E-state index contributed by atoms with van der Waals surface area (Å²) < 4.78 is 22.9. The van der Waals surface area contributed by atoms with E-state index in [0.29, 0.717) is 17.4 Å². The number of aliphatic carboxylic acids is 1. The molecule has 0 aliphatic carbocycles. The molecule has 0 heterocycles. The number of carbonyl (C=O) groups is 3. The van der Waals surface area contributed by atoms with E-state index in [-0.39, 0.29) is 38.2 Å². The lowest BCUT2D eigenvalue weighted by atomic mass is 10.0. The number of esters is 2. The van der Waals surface area contributed by atoms with Crippen molar-refractivity contribution in [2.24, 2.45) is 0 Å². The molecule has 2 atom stereocenters. The minimum Gasteiger partial charge on any atom is -0.477 e. The van der Waals surface area contributed by atoms with Crippen LogP contribution in [0.1, 0.15) is 354 Å². The summed E-state index contributed by atoms with van der Waals surface area (Å²) in [6.45, 7) is 4.92. The zero-order valence-corrected chi connectivity index (χ0v) is 54.0. The van der Waals surface area contributed by atoms with Crippen molar-refractivity contribution in [1.82, 2.24) is 0 Å². The van der Waals surface area contributed by atoms with Gasteiger partial charge in [-0.15, -0.1) is 0 Å². The lowest BCUT2D eigenvalue weighted by Crippen LogP contribution is -2.40. The van der Waals surface area contributed by atoms with Gasteiger partial charge in [0.2, 0.25) is 0 Å². The molecule has 0 rings (SSSR count). The minimum atomic E-state index is -1.50. The molecule has 0 fully saturated rings. The third-order valence-corrected chi connectivity index (χ3v) is 16.0. The Morgan fingerprint density at radius 3 is 0.988 bits per heavy atom. The molecule has 0 spiro atoms. The van der Waals surface area contributed by atoms with Crippen molar-refractivity contribution >= 4 is 17.9 Å². The SMILES string of the molecule is CCCCCCC/C=C\C/C=C\CCCCCCCCCCCCCCCCCCCCCCCCCCCCCCCC(=O)OC(COC(=O)CCCCCCCCCCCCCCCC)COC(OCC[N+](C)(C)C)C(=O)O. The molecule has 80 heavy (non-hydrogen) atoms. The second-order valence-corrected chi connectivity index (χ2v) is 25.2. The number of rotatable bonds is 66. The van der Waals surface area contributed by atoms with Crippen LogP contribution in [0, 0.1) is 0 Å². The summed E-state index contributed by atoms with van der Waals surface area (Å²) in [6, 6.07) is 0. The molecule has 0 aliphatic rings. The van der Waals surface area contributed by atoms with Gasteiger partial charge in [-0.05, 0) is 44.9 Å². The number of allylic oxidation sites excluding steroid dienone is 4. The zero-order valence-electron chi connectivity index (χ0n) is 54.0. The summed E-state index contributed by atoms with van der Waals surface area (Å²) in [5, 5.41) is 9.71. The van der Waals surface area contributed by atoms with Crippen LogP contribution in [0.5, 0.6) is 0 Å². The van der Waals surface area contributed by atoms with Crippen molar-refractivity contribution in [3.05, 3.63) is 24.3 Å². The van der Waals surface area contributed by atoms with Crippen LogP contribution in [-0.2, 0) is 33.3 Å². The molecular formula is C71H136NO8+. The van der Waals surface area contributed by atoms with Gasteiger partial charge in [0.1, 0.15) is 13.2 Å². The number of quaternary nitrogens is 1. The number of carboxylic acid groups (broad SMARTS) is 1. The Morgan fingerprint density at radius 1 is 0.375 bits per heavy atom. The monoisotopic (exact) mass is 1130 g/mol. The molecule has 0 aliphatic heterocycles. The largest absolute Gasteiger partial charge is 0.477 e. The Kier molecular flexibility index (Phi) is 61.1. The van der Waals surface area contributed by atoms with Gasteiger partial charge in [-0.25, -0.2) is 4.79 Å². The third kappa shape index (κ3) is 63.4. The first-order valence-corrected chi connectivity index (χ1v) is 35.0. The number of carbonyl (C=O) groups excluding carboxylic acids is 2. The summed E-state index contributed by atoms with van der Waals surface area (Å²) >= 11 is 0. The topological polar surface area (TPSA) is 108 Å². The van der Waals surface area contributed by atoms with Gasteiger partial charge >= 0.3 is 17.9 Å². The quantitative estimate of drug-likeness (QED) is 0.0211. The number of hydrogen-bond donors (Lipinski definition) is 1. The van der Waals surface area contributed by atoms with E-state index in [1.807, 2.05) is 21.1 Å². The highest BCUT2D eigenvalue weighted by atomic mass is 16.7. The third-order valence-electron chi connectivity index (χ3n) is 16.0. The van der Waals surface area contributed by atoms with Gasteiger partial charge in [-0.2, -0.15) is 0 Å². The molecule has 0 saturated heterocycles. The fraction of sp³-hybridized carbons (Fsp3) is 0.901. The Bertz CT molecular complexity index is 1360. The van der Waals surface area contributed by atoms with E-state index in [9.17, 15) is 19.5 Å². The molecule has 0 amide bonds. The maximum absolute atomic E-state index is 12.9. The standard InChI is InChI=1S/C71H135NO8/c1-6-8-10-12-14-16-18-20-22-23-24-25-26-27-28-29-30-31-32-33-34-35-36-37-38-39-40-41-42-43-44-45-46-47-48-50-52-54-56-58-60-62-69(74)80-67(66-79-71(70(75)76)77-64-63-72(3,4)5)65-78-68(73)61-59-57-55-53-51-49-21-19-17-15-13-11-9-7-2/h18,20,23-24,67,71H,6-17,19,21-22,25-66H2,1-5H3/p+1/b20-18-,24-23-. The molecule has 1 N–H and O–H groups in total. The van der Waals surface area contributed by atoms with Crippen LogP contribution in [0.2, 0.25) is 0 Å². The Balaban J connectivity index is 3.87. The highest BCUT2D eigenvalue weighted by Crippen LogP contribution is 2.19. The van der Waals surface area contributed by atoms with Crippen molar-refractivity contribution in [1.29, 1.82) is 0 Å². The number of likely N-dealkylation sites (N-methyl/N-ethyl adjacent to an activating group) is 1. The van der Waals surface area contributed by atoms with Crippen LogP contribution in [0.3, 0.4) is 0 Å². The highest BCUT2D eigenvalue weighted by molar-refractivity contribution is 5.71. The van der Waals surface area contributed by atoms with Crippen LogP contribution in [0.15, 0.2) is 24.3 Å². The minimum absolute atomic E-state index is 0.174. The molecule has 9 nitrogen and oxygen atoms in total. The van der Waals surface area contributed by atoms with Crippen LogP contribution in [0.4, 0.5) is 0 Å². The van der Waals surface area contributed by atoms with E-state index in [1.165, 1.54) is 283 Å². The van der Waals surface area contributed by atoms with Gasteiger partial charge in [0, 0.05) is 12.8 Å². The fourth-order valence-electron chi connectivity index (χ4n) is 10.6. The molecule has 472 valence electrons. The summed E-state index contributed by atoms with van der Waals surface area (Å²) in [5.41, 5.74) is 0. The normalized spacial score (nSPS) is 12.8. The molecule has 0 aromatic carbocycles. The Labute approximate surface area is 497 Å². The van der Waals surface area contributed by atoms with Gasteiger partial charge in [-0.3, -0.25) is 9.59 Å². The van der Waals surface area contributed by atoms with Crippen molar-refractivity contribution in [2.75, 3.05) is 47.5 Å². The molecular weight excluding hydrogens is 995 g/mol. The predicted octanol–water partition coefficient (Wildman–Crippen LogP) is 21.4. The second-order valence-electron chi connectivity index (χ2n) is 25.2. The molecule has 0 radical (unpaired) electrons. The highest BCUT2D eigenvalue weighted by Gasteiger charge is 2.25. The molecule has 0 bridgehead atoms. The number of nitrogens with zero attached hydrogens (tertiary/aromatic N) is 1. The molecule has 9 heteroatoms. The first kappa shape index (κ1) is 77.8. The lowest BCUT2D eigenvalue weighted by molar-refractivity contribution is -0.870. The zero-order chi connectivity index (χ0) is 58.3. The van der Waals surface area contributed by atoms with Crippen molar-refractivity contribution in [3.8, 4) is 0 Å². The molecule has 0 aromatic rings. The van der Waals surface area contributed by atoms with Crippen LogP contribution in [-0.4, -0.2) is 87.4 Å². The summed E-state index contributed by atoms with van der Waals surface area (Å²) in [4.78, 5) is 37.5. The number of unbranched alkanes of at least 4 members (excludes halogenated alkanes) is 47. The number of carboxylic acids is 1. The van der Waals surface area contributed by atoms with E-state index >= 15 is 0 Å². The first-order chi connectivity index (χ1) is 39.1. The molecule has 0 saturated carbocycles. The predicted molar refractivity (Wildman–Crippen MR) is 341 cm³/mol. The van der Waals surface area contributed by atoms with Crippen LogP contribution < -0.4 is 0 Å². The smallest absolute Gasteiger partial charge is 0.361 e. The Morgan fingerprint density at radius 2 is 0.675 bits per heavy atom. The van der Waals surface area contributed by atoms with E-state index in [1.54, 1.807) is 0 Å². The summed E-state index contributed by atoms with van der Waals surface area (Å²) in [5.74, 6) is -1.98.